The molecule has 0 saturated carbocycles. The lowest BCUT2D eigenvalue weighted by Crippen LogP contribution is -1.97. The standard InChI is InChI=1S/C18H17ClO4/c1-3-23-17-10-12(9-15(19)18(17)22-2)7-8-16(21)13-5-4-6-14(20)11-13/h4-11,20H,3H2,1-2H3. The number of rotatable bonds is 6. The predicted molar refractivity (Wildman–Crippen MR) is 90.6 cm³/mol. The molecule has 120 valence electrons. The van der Waals surface area contributed by atoms with Gasteiger partial charge in [0.1, 0.15) is 5.75 Å². The minimum atomic E-state index is -0.217. The van der Waals surface area contributed by atoms with Crippen molar-refractivity contribution >= 4 is 23.5 Å². The molecular weight excluding hydrogens is 316 g/mol. The van der Waals surface area contributed by atoms with Crippen molar-refractivity contribution < 1.29 is 19.4 Å². The summed E-state index contributed by atoms with van der Waals surface area (Å²) in [6, 6.07) is 9.62. The Balaban J connectivity index is 2.27. The molecule has 0 amide bonds. The van der Waals surface area contributed by atoms with Crippen molar-refractivity contribution in [3.63, 3.8) is 0 Å². The first-order valence-corrected chi connectivity index (χ1v) is 7.44. The molecule has 0 aliphatic rings. The lowest BCUT2D eigenvalue weighted by atomic mass is 10.1. The molecule has 0 aromatic heterocycles. The Labute approximate surface area is 139 Å². The van der Waals surface area contributed by atoms with Crippen molar-refractivity contribution in [3.05, 3.63) is 58.6 Å². The van der Waals surface area contributed by atoms with Gasteiger partial charge < -0.3 is 14.6 Å². The van der Waals surface area contributed by atoms with E-state index in [0.717, 1.165) is 0 Å². The molecule has 0 aliphatic heterocycles. The number of ether oxygens (including phenoxy) is 2. The van der Waals surface area contributed by atoms with E-state index in [0.29, 0.717) is 34.3 Å². The Kier molecular flexibility index (Phi) is 5.66. The highest BCUT2D eigenvalue weighted by Gasteiger charge is 2.10. The molecule has 0 bridgehead atoms. The third-order valence-corrected chi connectivity index (χ3v) is 3.37. The third kappa shape index (κ3) is 4.27. The van der Waals surface area contributed by atoms with Crippen LogP contribution in [0.5, 0.6) is 17.2 Å². The molecule has 0 atom stereocenters. The number of allylic oxidation sites excluding steroid dienone is 1. The van der Waals surface area contributed by atoms with Crippen LogP contribution in [-0.4, -0.2) is 24.6 Å². The monoisotopic (exact) mass is 332 g/mol. The van der Waals surface area contributed by atoms with E-state index in [1.807, 2.05) is 6.92 Å². The molecular formula is C18H17ClO4. The van der Waals surface area contributed by atoms with E-state index in [1.165, 1.54) is 25.3 Å². The average Bonchev–Trinajstić information content (AvgIpc) is 2.53. The Hall–Kier alpha value is -2.46. The molecule has 23 heavy (non-hydrogen) atoms. The van der Waals surface area contributed by atoms with Crippen LogP contribution in [0.25, 0.3) is 6.08 Å². The van der Waals surface area contributed by atoms with Gasteiger partial charge in [0.15, 0.2) is 17.3 Å². The smallest absolute Gasteiger partial charge is 0.185 e. The number of halogens is 1. The first-order valence-electron chi connectivity index (χ1n) is 7.07. The summed E-state index contributed by atoms with van der Waals surface area (Å²) in [6.45, 7) is 2.34. The van der Waals surface area contributed by atoms with E-state index >= 15 is 0 Å². The maximum Gasteiger partial charge on any atom is 0.185 e. The maximum atomic E-state index is 12.1. The lowest BCUT2D eigenvalue weighted by molar-refractivity contribution is 0.104. The van der Waals surface area contributed by atoms with E-state index in [1.54, 1.807) is 30.3 Å². The molecule has 0 spiro atoms. The number of ketones is 1. The molecule has 0 unspecified atom stereocenters. The third-order valence-electron chi connectivity index (χ3n) is 3.09. The van der Waals surface area contributed by atoms with Gasteiger partial charge >= 0.3 is 0 Å². The molecule has 0 fully saturated rings. The van der Waals surface area contributed by atoms with Crippen molar-refractivity contribution in [2.45, 2.75) is 6.92 Å². The molecule has 0 aliphatic carbocycles. The topological polar surface area (TPSA) is 55.8 Å². The van der Waals surface area contributed by atoms with Gasteiger partial charge in [0.2, 0.25) is 0 Å². The SMILES string of the molecule is CCOc1cc(C=CC(=O)c2cccc(O)c2)cc(Cl)c1OC. The molecule has 2 aromatic carbocycles. The Morgan fingerprint density at radius 2 is 2.09 bits per heavy atom. The van der Waals surface area contributed by atoms with Crippen LogP contribution in [0, 0.1) is 0 Å². The molecule has 2 rings (SSSR count). The van der Waals surface area contributed by atoms with Gasteiger partial charge in [0.25, 0.3) is 0 Å². The number of hydrogen-bond acceptors (Lipinski definition) is 4. The zero-order chi connectivity index (χ0) is 16.8. The number of hydrogen-bond donors (Lipinski definition) is 1. The number of benzene rings is 2. The highest BCUT2D eigenvalue weighted by atomic mass is 35.5. The molecule has 0 saturated heterocycles. The fourth-order valence-electron chi connectivity index (χ4n) is 2.07. The summed E-state index contributed by atoms with van der Waals surface area (Å²) in [4.78, 5) is 12.1. The number of carbonyl (C=O) groups is 1. The first-order chi connectivity index (χ1) is 11.0. The molecule has 5 heteroatoms. The Morgan fingerprint density at radius 1 is 1.30 bits per heavy atom. The Morgan fingerprint density at radius 3 is 2.74 bits per heavy atom. The van der Waals surface area contributed by atoms with E-state index < -0.39 is 0 Å². The summed E-state index contributed by atoms with van der Waals surface area (Å²) in [5, 5.41) is 9.82. The van der Waals surface area contributed by atoms with Gasteiger partial charge in [-0.1, -0.05) is 29.8 Å². The van der Waals surface area contributed by atoms with Crippen LogP contribution >= 0.6 is 11.6 Å². The number of methoxy groups -OCH3 is 1. The first kappa shape index (κ1) is 16.9. The quantitative estimate of drug-likeness (QED) is 0.631. The number of carbonyl (C=O) groups excluding carboxylic acids is 1. The average molecular weight is 333 g/mol. The normalized spacial score (nSPS) is 10.7. The fourth-order valence-corrected chi connectivity index (χ4v) is 2.37. The number of phenolic OH excluding ortho intramolecular Hbond substituents is 1. The molecule has 0 radical (unpaired) electrons. The minimum Gasteiger partial charge on any atom is -0.508 e. The van der Waals surface area contributed by atoms with Gasteiger partial charge in [0.05, 0.1) is 18.7 Å². The predicted octanol–water partition coefficient (Wildman–Crippen LogP) is 4.35. The Bertz CT molecular complexity index is 738. The van der Waals surface area contributed by atoms with E-state index in [4.69, 9.17) is 21.1 Å². The molecule has 4 nitrogen and oxygen atoms in total. The van der Waals surface area contributed by atoms with Crippen molar-refractivity contribution in [2.24, 2.45) is 0 Å². The van der Waals surface area contributed by atoms with Gasteiger partial charge in [0, 0.05) is 5.56 Å². The summed E-state index contributed by atoms with van der Waals surface area (Å²) in [5.41, 5.74) is 1.12. The molecule has 1 N–H and O–H groups in total. The van der Waals surface area contributed by atoms with Gasteiger partial charge in [-0.15, -0.1) is 0 Å². The van der Waals surface area contributed by atoms with Crippen LogP contribution in [0.4, 0.5) is 0 Å². The van der Waals surface area contributed by atoms with E-state index in [2.05, 4.69) is 0 Å². The van der Waals surface area contributed by atoms with Crippen LogP contribution < -0.4 is 9.47 Å². The minimum absolute atomic E-state index is 0.0513. The van der Waals surface area contributed by atoms with Gasteiger partial charge in [-0.2, -0.15) is 0 Å². The maximum absolute atomic E-state index is 12.1. The summed E-state index contributed by atoms with van der Waals surface area (Å²) < 4.78 is 10.7. The summed E-state index contributed by atoms with van der Waals surface area (Å²) >= 11 is 6.17. The second-order valence-electron chi connectivity index (χ2n) is 4.72. The van der Waals surface area contributed by atoms with Crippen molar-refractivity contribution in [1.82, 2.24) is 0 Å². The second-order valence-corrected chi connectivity index (χ2v) is 5.12. The summed E-state index contributed by atoms with van der Waals surface area (Å²) in [5.74, 6) is 0.818. The fraction of sp³-hybridized carbons (Fsp3) is 0.167. The number of aromatic hydroxyl groups is 1. The zero-order valence-corrected chi connectivity index (χ0v) is 13.6. The van der Waals surface area contributed by atoms with Crippen LogP contribution in [0.2, 0.25) is 5.02 Å². The van der Waals surface area contributed by atoms with Gasteiger partial charge in [-0.25, -0.2) is 0 Å². The number of phenols is 1. The van der Waals surface area contributed by atoms with Crippen molar-refractivity contribution in [1.29, 1.82) is 0 Å². The van der Waals surface area contributed by atoms with Crippen LogP contribution in [-0.2, 0) is 0 Å². The van der Waals surface area contributed by atoms with Crippen LogP contribution in [0.15, 0.2) is 42.5 Å². The van der Waals surface area contributed by atoms with Gasteiger partial charge in [-0.05, 0) is 42.8 Å². The van der Waals surface area contributed by atoms with Crippen molar-refractivity contribution in [2.75, 3.05) is 13.7 Å². The largest absolute Gasteiger partial charge is 0.508 e. The summed E-state index contributed by atoms with van der Waals surface area (Å²) in [6.07, 6.45) is 3.06. The van der Waals surface area contributed by atoms with E-state index in [-0.39, 0.29) is 11.5 Å². The zero-order valence-electron chi connectivity index (χ0n) is 12.9. The highest BCUT2D eigenvalue weighted by Crippen LogP contribution is 2.36. The van der Waals surface area contributed by atoms with Crippen LogP contribution in [0.1, 0.15) is 22.8 Å². The molecule has 0 heterocycles. The highest BCUT2D eigenvalue weighted by molar-refractivity contribution is 6.32. The second kappa shape index (κ2) is 7.70. The van der Waals surface area contributed by atoms with E-state index in [9.17, 15) is 9.90 Å². The van der Waals surface area contributed by atoms with Gasteiger partial charge in [-0.3, -0.25) is 4.79 Å². The summed E-state index contributed by atoms with van der Waals surface area (Å²) in [7, 11) is 1.52. The molecule has 2 aromatic rings. The lowest BCUT2D eigenvalue weighted by Gasteiger charge is -2.11. The van der Waals surface area contributed by atoms with Crippen molar-refractivity contribution in [3.8, 4) is 17.2 Å². The van der Waals surface area contributed by atoms with Crippen LogP contribution in [0.3, 0.4) is 0 Å².